The molecule has 0 amide bonds. The number of halogens is 3. The molecule has 0 bridgehead atoms. The van der Waals surface area contributed by atoms with Crippen molar-refractivity contribution in [3.05, 3.63) is 93.8 Å². The van der Waals surface area contributed by atoms with Gasteiger partial charge in [-0.05, 0) is 30.4 Å². The van der Waals surface area contributed by atoms with E-state index in [4.69, 9.17) is 4.42 Å². The van der Waals surface area contributed by atoms with E-state index in [0.717, 1.165) is 24.8 Å². The summed E-state index contributed by atoms with van der Waals surface area (Å²) in [4.78, 5) is 12.5. The second-order valence-corrected chi connectivity index (χ2v) is 8.00. The first kappa shape index (κ1) is 21.9. The first-order chi connectivity index (χ1) is 15.4. The summed E-state index contributed by atoms with van der Waals surface area (Å²) in [6, 6.07) is 14.3. The van der Waals surface area contributed by atoms with Crippen LogP contribution >= 0.6 is 0 Å². The number of rotatable bonds is 6. The van der Waals surface area contributed by atoms with Gasteiger partial charge in [-0.2, -0.15) is 0 Å². The standard InChI is InChI=1S/C27H23F3O2/c1-3-4-5-6-19-15-18-11-12-21(24(28)23(18)27(31)32-19)22-14-13-20(25(29)26(22)30)17-9-7-16(2)8-10-17/h7-15H,3-6H2,1-2H3. The van der Waals surface area contributed by atoms with E-state index < -0.39 is 23.1 Å². The van der Waals surface area contributed by atoms with E-state index in [1.54, 1.807) is 36.4 Å². The second kappa shape index (κ2) is 9.03. The van der Waals surface area contributed by atoms with Crippen molar-refractivity contribution in [1.29, 1.82) is 0 Å². The molecule has 164 valence electrons. The molecule has 4 aromatic rings. The lowest BCUT2D eigenvalue weighted by molar-refractivity contribution is 0.455. The van der Waals surface area contributed by atoms with Crippen LogP contribution in [0.4, 0.5) is 13.2 Å². The van der Waals surface area contributed by atoms with Gasteiger partial charge in [-0.3, -0.25) is 0 Å². The number of benzene rings is 3. The monoisotopic (exact) mass is 436 g/mol. The molecule has 4 rings (SSSR count). The predicted octanol–water partition coefficient (Wildman–Crippen LogP) is 7.59. The number of aryl methyl sites for hydroxylation is 2. The van der Waals surface area contributed by atoms with Gasteiger partial charge in [-0.1, -0.05) is 73.9 Å². The Morgan fingerprint density at radius 3 is 2.12 bits per heavy atom. The van der Waals surface area contributed by atoms with Gasteiger partial charge in [0.25, 0.3) is 0 Å². The average molecular weight is 436 g/mol. The Morgan fingerprint density at radius 2 is 1.41 bits per heavy atom. The molecule has 0 saturated heterocycles. The largest absolute Gasteiger partial charge is 0.427 e. The van der Waals surface area contributed by atoms with Crippen LogP contribution in [0.3, 0.4) is 0 Å². The zero-order valence-corrected chi connectivity index (χ0v) is 18.0. The normalized spacial score (nSPS) is 11.3. The third-order valence-corrected chi connectivity index (χ3v) is 5.68. The minimum absolute atomic E-state index is 0.0867. The second-order valence-electron chi connectivity index (χ2n) is 8.00. The summed E-state index contributed by atoms with van der Waals surface area (Å²) in [5.41, 5.74) is 0.361. The molecule has 2 nitrogen and oxygen atoms in total. The van der Waals surface area contributed by atoms with Crippen LogP contribution in [-0.4, -0.2) is 0 Å². The molecule has 0 unspecified atom stereocenters. The Balaban J connectivity index is 1.78. The minimum Gasteiger partial charge on any atom is -0.427 e. The number of hydrogen-bond acceptors (Lipinski definition) is 2. The first-order valence-electron chi connectivity index (χ1n) is 10.7. The number of hydrogen-bond donors (Lipinski definition) is 0. The number of fused-ring (bicyclic) bond motifs is 1. The maximum Gasteiger partial charge on any atom is 0.346 e. The Morgan fingerprint density at radius 1 is 0.781 bits per heavy atom. The topological polar surface area (TPSA) is 30.2 Å². The van der Waals surface area contributed by atoms with Crippen LogP contribution in [0.5, 0.6) is 0 Å². The van der Waals surface area contributed by atoms with E-state index in [1.165, 1.54) is 18.2 Å². The molecule has 0 aliphatic rings. The van der Waals surface area contributed by atoms with Crippen molar-refractivity contribution in [2.75, 3.05) is 0 Å². The SMILES string of the molecule is CCCCCc1cc2ccc(-c3ccc(-c4ccc(C)cc4)c(F)c3F)c(F)c2c(=O)o1. The lowest BCUT2D eigenvalue weighted by Gasteiger charge is -2.11. The van der Waals surface area contributed by atoms with Crippen molar-refractivity contribution < 1.29 is 17.6 Å². The van der Waals surface area contributed by atoms with E-state index in [1.807, 2.05) is 6.92 Å². The van der Waals surface area contributed by atoms with Crippen LogP contribution in [0.15, 0.2) is 63.8 Å². The highest BCUT2D eigenvalue weighted by Gasteiger charge is 2.21. The van der Waals surface area contributed by atoms with Crippen LogP contribution in [0.1, 0.15) is 37.5 Å². The quantitative estimate of drug-likeness (QED) is 0.292. The molecule has 5 heteroatoms. The molecule has 0 N–H and O–H groups in total. The van der Waals surface area contributed by atoms with Crippen LogP contribution in [-0.2, 0) is 6.42 Å². The molecular formula is C27H23F3O2. The molecule has 0 fully saturated rings. The van der Waals surface area contributed by atoms with Gasteiger partial charge >= 0.3 is 5.63 Å². The highest BCUT2D eigenvalue weighted by atomic mass is 19.2. The van der Waals surface area contributed by atoms with E-state index in [-0.39, 0.29) is 22.1 Å². The maximum atomic E-state index is 15.3. The molecule has 0 radical (unpaired) electrons. The van der Waals surface area contributed by atoms with E-state index >= 15 is 4.39 Å². The van der Waals surface area contributed by atoms with Gasteiger partial charge in [-0.25, -0.2) is 18.0 Å². The van der Waals surface area contributed by atoms with Gasteiger partial charge in [-0.15, -0.1) is 0 Å². The number of unbranched alkanes of at least 4 members (excludes halogenated alkanes) is 2. The fourth-order valence-corrected chi connectivity index (χ4v) is 3.89. The van der Waals surface area contributed by atoms with Gasteiger partial charge in [0.05, 0.1) is 0 Å². The summed E-state index contributed by atoms with van der Waals surface area (Å²) in [5.74, 6) is -2.66. The summed E-state index contributed by atoms with van der Waals surface area (Å²) in [6.45, 7) is 3.97. The van der Waals surface area contributed by atoms with Crippen molar-refractivity contribution in [3.8, 4) is 22.3 Å². The van der Waals surface area contributed by atoms with Gasteiger partial charge < -0.3 is 4.42 Å². The van der Waals surface area contributed by atoms with E-state index in [2.05, 4.69) is 6.92 Å². The molecule has 0 atom stereocenters. The molecule has 3 aromatic carbocycles. The summed E-state index contributed by atoms with van der Waals surface area (Å²) in [6.07, 6.45) is 3.48. The molecule has 0 aliphatic carbocycles. The zero-order valence-electron chi connectivity index (χ0n) is 18.0. The predicted molar refractivity (Wildman–Crippen MR) is 121 cm³/mol. The van der Waals surface area contributed by atoms with Crippen molar-refractivity contribution >= 4 is 10.8 Å². The first-order valence-corrected chi connectivity index (χ1v) is 10.7. The molecular weight excluding hydrogens is 413 g/mol. The summed E-state index contributed by atoms with van der Waals surface area (Å²) in [7, 11) is 0. The Hall–Kier alpha value is -3.34. The van der Waals surface area contributed by atoms with Gasteiger partial charge in [0.2, 0.25) is 0 Å². The van der Waals surface area contributed by atoms with Gasteiger partial charge in [0.15, 0.2) is 11.6 Å². The Kier molecular flexibility index (Phi) is 6.17. The fraction of sp³-hybridized carbons (Fsp3) is 0.222. The molecule has 1 heterocycles. The van der Waals surface area contributed by atoms with Crippen molar-refractivity contribution in [3.63, 3.8) is 0 Å². The lowest BCUT2D eigenvalue weighted by atomic mass is 9.96. The molecule has 0 saturated carbocycles. The highest BCUT2D eigenvalue weighted by Crippen LogP contribution is 2.34. The molecule has 0 spiro atoms. The Labute approximate surface area is 184 Å². The van der Waals surface area contributed by atoms with Crippen LogP contribution < -0.4 is 5.63 Å². The third kappa shape index (κ3) is 4.07. The van der Waals surface area contributed by atoms with E-state index in [0.29, 0.717) is 23.1 Å². The van der Waals surface area contributed by atoms with Gasteiger partial charge in [0.1, 0.15) is 17.0 Å². The van der Waals surface area contributed by atoms with Crippen molar-refractivity contribution in [2.45, 2.75) is 39.5 Å². The summed E-state index contributed by atoms with van der Waals surface area (Å²) >= 11 is 0. The lowest BCUT2D eigenvalue weighted by Crippen LogP contribution is -2.06. The van der Waals surface area contributed by atoms with Gasteiger partial charge in [0, 0.05) is 23.1 Å². The van der Waals surface area contributed by atoms with Crippen LogP contribution in [0.25, 0.3) is 33.0 Å². The van der Waals surface area contributed by atoms with E-state index in [9.17, 15) is 13.6 Å². The van der Waals surface area contributed by atoms with Crippen LogP contribution in [0.2, 0.25) is 0 Å². The smallest absolute Gasteiger partial charge is 0.346 e. The molecule has 0 aliphatic heterocycles. The van der Waals surface area contributed by atoms with Crippen LogP contribution in [0, 0.1) is 24.4 Å². The molecule has 1 aromatic heterocycles. The fourth-order valence-electron chi connectivity index (χ4n) is 3.89. The third-order valence-electron chi connectivity index (χ3n) is 5.68. The van der Waals surface area contributed by atoms with Crippen molar-refractivity contribution in [1.82, 2.24) is 0 Å². The average Bonchev–Trinajstić information content (AvgIpc) is 2.77. The minimum atomic E-state index is -1.16. The molecule has 32 heavy (non-hydrogen) atoms. The van der Waals surface area contributed by atoms with Crippen molar-refractivity contribution in [2.24, 2.45) is 0 Å². The summed E-state index contributed by atoms with van der Waals surface area (Å²) < 4.78 is 50.4. The highest BCUT2D eigenvalue weighted by molar-refractivity contribution is 5.88. The summed E-state index contributed by atoms with van der Waals surface area (Å²) in [5, 5.41) is 0.121. The maximum absolute atomic E-state index is 15.3. The zero-order chi connectivity index (χ0) is 22.8. The Bertz CT molecular complexity index is 1340.